The van der Waals surface area contributed by atoms with Gasteiger partial charge in [-0.2, -0.15) is 5.10 Å². The Kier molecular flexibility index (Phi) is 1.96. The summed E-state index contributed by atoms with van der Waals surface area (Å²) in [7, 11) is 0. The van der Waals surface area contributed by atoms with E-state index in [1.165, 1.54) is 0 Å². The number of benzene rings is 1. The van der Waals surface area contributed by atoms with Crippen molar-refractivity contribution < 1.29 is 0 Å². The molecule has 0 bridgehead atoms. The SMILES string of the molecule is Brc1cccc(-n2cccn2)c1. The lowest BCUT2D eigenvalue weighted by atomic mass is 10.3. The summed E-state index contributed by atoms with van der Waals surface area (Å²) in [5.41, 5.74) is 1.06. The predicted molar refractivity (Wildman–Crippen MR) is 51.3 cm³/mol. The van der Waals surface area contributed by atoms with E-state index < -0.39 is 0 Å². The fourth-order valence-electron chi connectivity index (χ4n) is 1.04. The van der Waals surface area contributed by atoms with Crippen LogP contribution in [0.2, 0.25) is 0 Å². The monoisotopic (exact) mass is 222 g/mol. The van der Waals surface area contributed by atoms with Crippen LogP contribution in [0, 0.1) is 0 Å². The Morgan fingerprint density at radius 2 is 2.17 bits per heavy atom. The first-order valence-corrected chi connectivity index (χ1v) is 4.41. The lowest BCUT2D eigenvalue weighted by Crippen LogP contribution is -1.92. The molecular formula is C9H7BrN2. The standard InChI is InChI=1S/C9H7BrN2/c10-8-3-1-4-9(7-8)12-6-2-5-11-12/h1-7H. The van der Waals surface area contributed by atoms with Crippen LogP contribution in [0.4, 0.5) is 0 Å². The van der Waals surface area contributed by atoms with Crippen LogP contribution in [-0.2, 0) is 0 Å². The first kappa shape index (κ1) is 7.55. The lowest BCUT2D eigenvalue weighted by Gasteiger charge is -2.00. The number of rotatable bonds is 1. The minimum absolute atomic E-state index is 1.06. The Balaban J connectivity index is 2.48. The Morgan fingerprint density at radius 3 is 2.83 bits per heavy atom. The smallest absolute Gasteiger partial charge is 0.0656 e. The van der Waals surface area contributed by atoms with Crippen LogP contribution in [0.25, 0.3) is 5.69 Å². The highest BCUT2D eigenvalue weighted by atomic mass is 79.9. The van der Waals surface area contributed by atoms with Gasteiger partial charge in [-0.15, -0.1) is 0 Å². The van der Waals surface area contributed by atoms with Gasteiger partial charge in [0.1, 0.15) is 0 Å². The van der Waals surface area contributed by atoms with E-state index in [4.69, 9.17) is 0 Å². The van der Waals surface area contributed by atoms with Gasteiger partial charge in [0.05, 0.1) is 5.69 Å². The lowest BCUT2D eigenvalue weighted by molar-refractivity contribution is 0.880. The molecule has 0 unspecified atom stereocenters. The molecule has 1 heterocycles. The van der Waals surface area contributed by atoms with Crippen LogP contribution in [0.15, 0.2) is 47.2 Å². The van der Waals surface area contributed by atoms with Crippen LogP contribution >= 0.6 is 15.9 Å². The summed E-state index contributed by atoms with van der Waals surface area (Å²) in [6.07, 6.45) is 3.68. The molecule has 0 aliphatic heterocycles. The minimum Gasteiger partial charge on any atom is -0.241 e. The molecule has 0 saturated heterocycles. The minimum atomic E-state index is 1.06. The van der Waals surface area contributed by atoms with Gasteiger partial charge in [-0.25, -0.2) is 4.68 Å². The normalized spacial score (nSPS) is 10.1. The molecule has 0 fully saturated rings. The Bertz CT molecular complexity index is 368. The van der Waals surface area contributed by atoms with Crippen LogP contribution < -0.4 is 0 Å². The number of hydrogen-bond acceptors (Lipinski definition) is 1. The van der Waals surface area contributed by atoms with Crippen molar-refractivity contribution in [3.05, 3.63) is 47.2 Å². The van der Waals surface area contributed by atoms with Crippen molar-refractivity contribution in [2.24, 2.45) is 0 Å². The molecular weight excluding hydrogens is 216 g/mol. The number of nitrogens with zero attached hydrogens (tertiary/aromatic N) is 2. The molecule has 0 radical (unpaired) electrons. The second kappa shape index (κ2) is 3.11. The molecule has 60 valence electrons. The van der Waals surface area contributed by atoms with Gasteiger partial charge in [-0.05, 0) is 24.3 Å². The fourth-order valence-corrected chi connectivity index (χ4v) is 1.43. The molecule has 0 spiro atoms. The maximum Gasteiger partial charge on any atom is 0.0656 e. The highest BCUT2D eigenvalue weighted by molar-refractivity contribution is 9.10. The maximum atomic E-state index is 4.12. The quantitative estimate of drug-likeness (QED) is 0.726. The van der Waals surface area contributed by atoms with Gasteiger partial charge in [-0.1, -0.05) is 22.0 Å². The number of aromatic nitrogens is 2. The van der Waals surface area contributed by atoms with Gasteiger partial charge in [0.15, 0.2) is 0 Å². The van der Waals surface area contributed by atoms with Crippen molar-refractivity contribution in [2.75, 3.05) is 0 Å². The van der Waals surface area contributed by atoms with Crippen molar-refractivity contribution in [1.82, 2.24) is 9.78 Å². The Morgan fingerprint density at radius 1 is 1.25 bits per heavy atom. The van der Waals surface area contributed by atoms with Crippen LogP contribution in [-0.4, -0.2) is 9.78 Å². The van der Waals surface area contributed by atoms with Gasteiger partial charge < -0.3 is 0 Å². The molecule has 0 aliphatic rings. The van der Waals surface area contributed by atoms with Crippen molar-refractivity contribution in [2.45, 2.75) is 0 Å². The zero-order valence-corrected chi connectivity index (χ0v) is 7.90. The molecule has 2 rings (SSSR count). The second-order valence-electron chi connectivity index (χ2n) is 2.43. The first-order chi connectivity index (χ1) is 5.86. The summed E-state index contributed by atoms with van der Waals surface area (Å²) in [5, 5.41) is 4.12. The summed E-state index contributed by atoms with van der Waals surface area (Å²) in [6, 6.07) is 9.92. The largest absolute Gasteiger partial charge is 0.241 e. The van der Waals surface area contributed by atoms with Crippen molar-refractivity contribution in [1.29, 1.82) is 0 Å². The second-order valence-corrected chi connectivity index (χ2v) is 3.35. The highest BCUT2D eigenvalue weighted by Crippen LogP contribution is 2.13. The van der Waals surface area contributed by atoms with Crippen molar-refractivity contribution in [3.8, 4) is 5.69 Å². The molecule has 2 aromatic rings. The van der Waals surface area contributed by atoms with E-state index in [9.17, 15) is 0 Å². The van der Waals surface area contributed by atoms with E-state index in [0.29, 0.717) is 0 Å². The van der Waals surface area contributed by atoms with E-state index in [2.05, 4.69) is 21.0 Å². The first-order valence-electron chi connectivity index (χ1n) is 3.62. The molecule has 3 heteroatoms. The average Bonchev–Trinajstić information content (AvgIpc) is 2.56. The van der Waals surface area contributed by atoms with Crippen LogP contribution in [0.5, 0.6) is 0 Å². The van der Waals surface area contributed by atoms with Crippen LogP contribution in [0.1, 0.15) is 0 Å². The summed E-state index contributed by atoms with van der Waals surface area (Å²) in [6.45, 7) is 0. The Hall–Kier alpha value is -1.09. The summed E-state index contributed by atoms with van der Waals surface area (Å²) >= 11 is 3.41. The molecule has 12 heavy (non-hydrogen) atoms. The van der Waals surface area contributed by atoms with Crippen molar-refractivity contribution >= 4 is 15.9 Å². The van der Waals surface area contributed by atoms with Crippen molar-refractivity contribution in [3.63, 3.8) is 0 Å². The van der Waals surface area contributed by atoms with Gasteiger partial charge >= 0.3 is 0 Å². The zero-order valence-electron chi connectivity index (χ0n) is 6.31. The molecule has 0 aliphatic carbocycles. The third-order valence-electron chi connectivity index (χ3n) is 1.58. The van der Waals surface area contributed by atoms with Crippen LogP contribution in [0.3, 0.4) is 0 Å². The van der Waals surface area contributed by atoms with E-state index in [-0.39, 0.29) is 0 Å². The predicted octanol–water partition coefficient (Wildman–Crippen LogP) is 2.63. The number of hydrogen-bond donors (Lipinski definition) is 0. The number of halogens is 1. The molecule has 0 amide bonds. The van der Waals surface area contributed by atoms with E-state index >= 15 is 0 Å². The summed E-state index contributed by atoms with van der Waals surface area (Å²) < 4.78 is 2.89. The third-order valence-corrected chi connectivity index (χ3v) is 2.07. The molecule has 0 N–H and O–H groups in total. The van der Waals surface area contributed by atoms with Gasteiger partial charge in [0.25, 0.3) is 0 Å². The molecule has 2 nitrogen and oxygen atoms in total. The summed E-state index contributed by atoms with van der Waals surface area (Å²) in [5.74, 6) is 0. The van der Waals surface area contributed by atoms with Gasteiger partial charge in [0.2, 0.25) is 0 Å². The Labute approximate surface area is 79.0 Å². The average molecular weight is 223 g/mol. The topological polar surface area (TPSA) is 17.8 Å². The highest BCUT2D eigenvalue weighted by Gasteiger charge is 1.94. The summed E-state index contributed by atoms with van der Waals surface area (Å²) in [4.78, 5) is 0. The molecule has 1 aromatic carbocycles. The van der Waals surface area contributed by atoms with Gasteiger partial charge in [0, 0.05) is 16.9 Å². The molecule has 1 aromatic heterocycles. The van der Waals surface area contributed by atoms with E-state index in [1.54, 1.807) is 6.20 Å². The fraction of sp³-hybridized carbons (Fsp3) is 0. The molecule has 0 atom stereocenters. The van der Waals surface area contributed by atoms with E-state index in [0.717, 1.165) is 10.2 Å². The maximum absolute atomic E-state index is 4.12. The van der Waals surface area contributed by atoms with E-state index in [1.807, 2.05) is 41.2 Å². The molecule has 0 saturated carbocycles. The van der Waals surface area contributed by atoms with Gasteiger partial charge in [-0.3, -0.25) is 0 Å². The zero-order chi connectivity index (χ0) is 8.39. The third kappa shape index (κ3) is 1.41.